The van der Waals surface area contributed by atoms with Crippen LogP contribution in [0.25, 0.3) is 16.5 Å². The van der Waals surface area contributed by atoms with Gasteiger partial charge >= 0.3 is 0 Å². The molecule has 26 heavy (non-hydrogen) atoms. The lowest BCUT2D eigenvalue weighted by atomic mass is 9.79. The van der Waals surface area contributed by atoms with E-state index in [1.165, 1.54) is 27.6 Å². The Kier molecular flexibility index (Phi) is 3.00. The monoisotopic (exact) mass is 349 g/mol. The van der Waals surface area contributed by atoms with E-state index in [-0.39, 0.29) is 17.9 Å². The Morgan fingerprint density at radius 2 is 2.23 bits per heavy atom. The van der Waals surface area contributed by atoms with Crippen LogP contribution < -0.4 is 0 Å². The van der Waals surface area contributed by atoms with Crippen molar-refractivity contribution in [2.45, 2.75) is 31.0 Å². The van der Waals surface area contributed by atoms with E-state index in [1.54, 1.807) is 0 Å². The number of likely N-dealkylation sites (N-methyl/N-ethyl adjacent to an activating group) is 1. The molecular weight excluding hydrogens is 326 g/mol. The average Bonchev–Trinajstić information content (AvgIpc) is 3.38. The second-order valence-electron chi connectivity index (χ2n) is 8.27. The number of fused-ring (bicyclic) bond motifs is 4. The van der Waals surface area contributed by atoms with Gasteiger partial charge < -0.3 is 14.6 Å². The van der Waals surface area contributed by atoms with Crippen molar-refractivity contribution in [3.63, 3.8) is 0 Å². The number of amides is 1. The van der Waals surface area contributed by atoms with Crippen LogP contribution in [0.1, 0.15) is 17.5 Å². The molecule has 1 aromatic carbocycles. The van der Waals surface area contributed by atoms with Crippen molar-refractivity contribution in [3.8, 4) is 0 Å². The summed E-state index contributed by atoms with van der Waals surface area (Å²) in [5, 5.41) is 1.34. The Morgan fingerprint density at radius 1 is 1.31 bits per heavy atom. The van der Waals surface area contributed by atoms with E-state index in [0.717, 1.165) is 25.9 Å². The Bertz CT molecular complexity index is 946. The summed E-state index contributed by atoms with van der Waals surface area (Å²) in [4.78, 5) is 21.1. The van der Waals surface area contributed by atoms with Gasteiger partial charge in [0.25, 0.3) is 0 Å². The Morgan fingerprint density at radius 3 is 3.04 bits per heavy atom. The second-order valence-corrected chi connectivity index (χ2v) is 8.27. The van der Waals surface area contributed by atoms with Crippen LogP contribution >= 0.6 is 0 Å². The number of ether oxygens (including phenoxy) is 1. The van der Waals surface area contributed by atoms with Crippen molar-refractivity contribution < 1.29 is 9.53 Å². The van der Waals surface area contributed by atoms with Crippen molar-refractivity contribution in [1.82, 2.24) is 14.8 Å². The summed E-state index contributed by atoms with van der Waals surface area (Å²) in [5.41, 5.74) is 5.21. The molecule has 0 radical (unpaired) electrons. The molecule has 2 saturated heterocycles. The molecule has 1 aliphatic carbocycles. The lowest BCUT2D eigenvalue weighted by Gasteiger charge is -2.41. The quantitative estimate of drug-likeness (QED) is 0.857. The van der Waals surface area contributed by atoms with Gasteiger partial charge in [0.2, 0.25) is 5.91 Å². The van der Waals surface area contributed by atoms with Gasteiger partial charge in [-0.2, -0.15) is 0 Å². The number of morpholine rings is 1. The summed E-state index contributed by atoms with van der Waals surface area (Å²) < 4.78 is 5.67. The molecule has 2 fully saturated rings. The summed E-state index contributed by atoms with van der Waals surface area (Å²) >= 11 is 0. The number of rotatable bonds is 1. The van der Waals surface area contributed by atoms with Crippen molar-refractivity contribution in [2.24, 2.45) is 5.92 Å². The van der Waals surface area contributed by atoms with Crippen molar-refractivity contribution in [3.05, 3.63) is 41.6 Å². The maximum atomic E-state index is 13.2. The van der Waals surface area contributed by atoms with E-state index in [2.05, 4.69) is 52.3 Å². The average molecular weight is 349 g/mol. The number of H-pyrrole nitrogens is 1. The summed E-state index contributed by atoms with van der Waals surface area (Å²) in [6.45, 7) is 2.29. The van der Waals surface area contributed by atoms with E-state index in [4.69, 9.17) is 4.74 Å². The van der Waals surface area contributed by atoms with Crippen LogP contribution in [0.15, 0.2) is 30.5 Å². The molecule has 4 unspecified atom stereocenters. The maximum Gasteiger partial charge on any atom is 0.231 e. The predicted molar refractivity (Wildman–Crippen MR) is 99.7 cm³/mol. The van der Waals surface area contributed by atoms with Crippen LogP contribution in [-0.4, -0.2) is 65.6 Å². The minimum absolute atomic E-state index is 0.0543. The van der Waals surface area contributed by atoms with Gasteiger partial charge in [0.15, 0.2) is 0 Å². The van der Waals surface area contributed by atoms with E-state index in [0.29, 0.717) is 18.7 Å². The predicted octanol–water partition coefficient (Wildman–Crippen LogP) is 2.04. The minimum atomic E-state index is -0.0543. The van der Waals surface area contributed by atoms with Gasteiger partial charge in [-0.3, -0.25) is 9.69 Å². The van der Waals surface area contributed by atoms with Crippen LogP contribution in [0.3, 0.4) is 0 Å². The summed E-state index contributed by atoms with van der Waals surface area (Å²) in [6, 6.07) is 7.12. The van der Waals surface area contributed by atoms with Crippen LogP contribution in [0.2, 0.25) is 0 Å². The molecule has 0 saturated carbocycles. The highest BCUT2D eigenvalue weighted by atomic mass is 16.5. The summed E-state index contributed by atoms with van der Waals surface area (Å²) in [7, 11) is 2.16. The second kappa shape index (κ2) is 5.21. The molecule has 4 aliphatic rings. The fourth-order valence-electron chi connectivity index (χ4n) is 5.49. The molecule has 134 valence electrons. The van der Waals surface area contributed by atoms with E-state index >= 15 is 0 Å². The third-order valence-electron chi connectivity index (χ3n) is 6.77. The third kappa shape index (κ3) is 1.96. The first-order valence-electron chi connectivity index (χ1n) is 9.62. The zero-order valence-electron chi connectivity index (χ0n) is 14.9. The Balaban J connectivity index is 1.41. The van der Waals surface area contributed by atoms with Gasteiger partial charge in [-0.05, 0) is 42.7 Å². The molecule has 2 aromatic rings. The lowest BCUT2D eigenvalue weighted by Crippen LogP contribution is -2.50. The SMILES string of the molecule is CN1CC(C(=O)N2CC3CC2CO3)C=C2c3cccc4[nH]cc(c34)CC21. The van der Waals surface area contributed by atoms with Crippen molar-refractivity contribution in [2.75, 3.05) is 26.7 Å². The standard InChI is InChI=1S/C21H23N3O2/c1-23-9-13(21(25)24-10-15-7-14(24)11-26-15)5-17-16-3-2-4-18-20(16)12(8-22-18)6-19(17)23/h2-5,8,13-15,19,22H,6-7,9-11H2,1H3. The maximum absolute atomic E-state index is 13.2. The molecule has 2 bridgehead atoms. The molecule has 0 spiro atoms. The number of benzene rings is 1. The number of carbonyl (C=O) groups excluding carboxylic acids is 1. The number of hydrogen-bond donors (Lipinski definition) is 1. The lowest BCUT2D eigenvalue weighted by molar-refractivity contribution is -0.139. The van der Waals surface area contributed by atoms with Gasteiger partial charge in [0, 0.05) is 36.2 Å². The molecule has 1 N–H and O–H groups in total. The molecule has 3 aliphatic heterocycles. The molecule has 5 nitrogen and oxygen atoms in total. The largest absolute Gasteiger partial charge is 0.374 e. The first-order chi connectivity index (χ1) is 12.7. The van der Waals surface area contributed by atoms with Crippen molar-refractivity contribution in [1.29, 1.82) is 0 Å². The number of nitrogens with one attached hydrogen (secondary N) is 1. The van der Waals surface area contributed by atoms with E-state index in [1.807, 2.05) is 0 Å². The molecule has 1 aromatic heterocycles. The van der Waals surface area contributed by atoms with Crippen LogP contribution in [0.5, 0.6) is 0 Å². The zero-order valence-corrected chi connectivity index (χ0v) is 14.9. The van der Waals surface area contributed by atoms with Gasteiger partial charge in [-0.15, -0.1) is 0 Å². The minimum Gasteiger partial charge on any atom is -0.374 e. The number of nitrogens with zero attached hydrogens (tertiary/aromatic N) is 2. The van der Waals surface area contributed by atoms with Crippen LogP contribution in [0.4, 0.5) is 0 Å². The normalized spacial score (nSPS) is 32.8. The van der Waals surface area contributed by atoms with Gasteiger partial charge in [0.1, 0.15) is 0 Å². The fourth-order valence-corrected chi connectivity index (χ4v) is 5.49. The summed E-state index contributed by atoms with van der Waals surface area (Å²) in [5.74, 6) is 0.229. The number of aromatic nitrogens is 1. The molecular formula is C21H23N3O2. The van der Waals surface area contributed by atoms with Crippen LogP contribution in [-0.2, 0) is 16.0 Å². The molecule has 6 rings (SSSR count). The third-order valence-corrected chi connectivity index (χ3v) is 6.77. The van der Waals surface area contributed by atoms with Gasteiger partial charge in [0.05, 0.1) is 24.7 Å². The Labute approximate surface area is 152 Å². The zero-order chi connectivity index (χ0) is 17.4. The van der Waals surface area contributed by atoms with Gasteiger partial charge in [-0.25, -0.2) is 0 Å². The van der Waals surface area contributed by atoms with Crippen molar-refractivity contribution >= 4 is 22.4 Å². The van der Waals surface area contributed by atoms with Crippen LogP contribution in [0, 0.1) is 5.92 Å². The van der Waals surface area contributed by atoms with E-state index in [9.17, 15) is 4.79 Å². The molecule has 5 heteroatoms. The first-order valence-corrected chi connectivity index (χ1v) is 9.62. The highest BCUT2D eigenvalue weighted by Gasteiger charge is 2.44. The molecule has 4 atom stereocenters. The Hall–Kier alpha value is -2.11. The number of aromatic amines is 1. The number of likely N-dealkylation sites (tertiary alicyclic amines) is 1. The topological polar surface area (TPSA) is 48.6 Å². The molecule has 1 amide bonds. The number of carbonyl (C=O) groups is 1. The first kappa shape index (κ1) is 15.0. The number of hydrogen-bond acceptors (Lipinski definition) is 3. The molecule has 4 heterocycles. The highest BCUT2D eigenvalue weighted by Crippen LogP contribution is 2.41. The fraction of sp³-hybridized carbons (Fsp3) is 0.476. The smallest absolute Gasteiger partial charge is 0.231 e. The summed E-state index contributed by atoms with van der Waals surface area (Å²) in [6.07, 6.45) is 6.71. The highest BCUT2D eigenvalue weighted by molar-refractivity contribution is 5.99. The van der Waals surface area contributed by atoms with E-state index < -0.39 is 0 Å². The van der Waals surface area contributed by atoms with Gasteiger partial charge in [-0.1, -0.05) is 18.2 Å².